The second kappa shape index (κ2) is 5.42. The molecule has 2 rings (SSSR count). The fraction of sp³-hybridized carbons (Fsp3) is 0.273. The van der Waals surface area contributed by atoms with E-state index in [9.17, 15) is 0 Å². The van der Waals surface area contributed by atoms with Gasteiger partial charge in [-0.25, -0.2) is 0 Å². The van der Waals surface area contributed by atoms with E-state index >= 15 is 0 Å². The van der Waals surface area contributed by atoms with E-state index in [-0.39, 0.29) is 0 Å². The van der Waals surface area contributed by atoms with Crippen molar-refractivity contribution in [3.05, 3.63) is 30.0 Å². The normalized spacial score (nSPS) is 10.7. The molecule has 0 aliphatic carbocycles. The monoisotopic (exact) mass is 269 g/mol. The molecule has 2 aromatic rings. The lowest BCUT2D eigenvalue weighted by atomic mass is 10.4. The molecule has 0 fully saturated rings. The topological polar surface area (TPSA) is 43.9 Å². The highest BCUT2D eigenvalue weighted by atomic mass is 35.5. The Labute approximate surface area is 109 Å². The highest BCUT2D eigenvalue weighted by Crippen LogP contribution is 2.25. The van der Waals surface area contributed by atoms with Crippen LogP contribution in [0.2, 0.25) is 0 Å². The van der Waals surface area contributed by atoms with E-state index in [0.29, 0.717) is 10.8 Å². The molecule has 0 saturated carbocycles. The summed E-state index contributed by atoms with van der Waals surface area (Å²) in [5.41, 5.74) is 0. The number of thioether (sulfide) groups is 1. The van der Waals surface area contributed by atoms with E-state index in [4.69, 9.17) is 16.0 Å². The summed E-state index contributed by atoms with van der Waals surface area (Å²) in [5.74, 6) is 2.08. The maximum atomic E-state index is 5.74. The van der Waals surface area contributed by atoms with Gasteiger partial charge in [-0.2, -0.15) is 0 Å². The van der Waals surface area contributed by atoms with Crippen LogP contribution in [0.25, 0.3) is 11.6 Å². The quantitative estimate of drug-likeness (QED) is 0.781. The highest BCUT2D eigenvalue weighted by Gasteiger charge is 2.14. The Kier molecular flexibility index (Phi) is 3.91. The summed E-state index contributed by atoms with van der Waals surface area (Å²) >= 11 is 7.25. The summed E-state index contributed by atoms with van der Waals surface area (Å²) in [4.78, 5) is 0. The molecule has 0 bridgehead atoms. The van der Waals surface area contributed by atoms with E-state index in [2.05, 4.69) is 16.8 Å². The predicted molar refractivity (Wildman–Crippen MR) is 69.1 cm³/mol. The zero-order valence-electron chi connectivity index (χ0n) is 9.39. The Balaban J connectivity index is 2.27. The average Bonchev–Trinajstić information content (AvgIpc) is 2.94. The molecular weight excluding hydrogens is 258 g/mol. The van der Waals surface area contributed by atoms with Crippen LogP contribution in [0.5, 0.6) is 0 Å². The molecule has 0 amide bonds. The van der Waals surface area contributed by atoms with Crippen molar-refractivity contribution < 1.29 is 4.42 Å². The smallest absolute Gasteiger partial charge is 0.200 e. The first-order valence-electron chi connectivity index (χ1n) is 5.15. The lowest BCUT2D eigenvalue weighted by molar-refractivity contribution is 0.567. The standard InChI is InChI=1S/C11H12ClN3OS/c1-3-15-10(9-5-4-6-16-9)13-14-11(15)17-7-8(2)12/h4-6H,2-3,7H2,1H3. The minimum absolute atomic E-state index is 0.597. The number of hydrogen-bond donors (Lipinski definition) is 0. The average molecular weight is 270 g/mol. The summed E-state index contributed by atoms with van der Waals surface area (Å²) in [6.07, 6.45) is 1.62. The minimum atomic E-state index is 0.597. The van der Waals surface area contributed by atoms with Crippen LogP contribution < -0.4 is 0 Å². The molecule has 4 nitrogen and oxygen atoms in total. The van der Waals surface area contributed by atoms with Crippen molar-refractivity contribution in [1.29, 1.82) is 0 Å². The minimum Gasteiger partial charge on any atom is -0.461 e. The molecule has 0 N–H and O–H groups in total. The van der Waals surface area contributed by atoms with Crippen molar-refractivity contribution in [1.82, 2.24) is 14.8 Å². The van der Waals surface area contributed by atoms with Crippen molar-refractivity contribution in [2.75, 3.05) is 5.75 Å². The Hall–Kier alpha value is -1.20. The fourth-order valence-electron chi connectivity index (χ4n) is 1.41. The molecule has 0 aromatic carbocycles. The van der Waals surface area contributed by atoms with Gasteiger partial charge in [-0.15, -0.1) is 10.2 Å². The number of rotatable bonds is 5. The largest absolute Gasteiger partial charge is 0.461 e. The number of furan rings is 1. The first kappa shape index (κ1) is 12.3. The van der Waals surface area contributed by atoms with E-state index < -0.39 is 0 Å². The van der Waals surface area contributed by atoms with E-state index in [1.165, 1.54) is 11.8 Å². The van der Waals surface area contributed by atoms with Crippen molar-refractivity contribution in [2.45, 2.75) is 18.6 Å². The van der Waals surface area contributed by atoms with E-state index in [1.54, 1.807) is 6.26 Å². The maximum absolute atomic E-state index is 5.74. The second-order valence-electron chi connectivity index (χ2n) is 3.33. The van der Waals surface area contributed by atoms with Gasteiger partial charge in [0, 0.05) is 17.3 Å². The first-order valence-corrected chi connectivity index (χ1v) is 6.52. The van der Waals surface area contributed by atoms with E-state index in [0.717, 1.165) is 23.3 Å². The number of halogens is 1. The molecule has 17 heavy (non-hydrogen) atoms. The highest BCUT2D eigenvalue weighted by molar-refractivity contribution is 7.99. The molecule has 0 atom stereocenters. The van der Waals surface area contributed by atoms with Gasteiger partial charge in [0.05, 0.1) is 6.26 Å². The van der Waals surface area contributed by atoms with Crippen LogP contribution in [-0.4, -0.2) is 20.5 Å². The molecule has 0 aliphatic rings. The molecule has 0 saturated heterocycles. The lowest BCUT2D eigenvalue weighted by Gasteiger charge is -2.04. The summed E-state index contributed by atoms with van der Waals surface area (Å²) < 4.78 is 7.31. The molecule has 6 heteroatoms. The molecule has 2 aromatic heterocycles. The molecule has 0 radical (unpaired) electrons. The Morgan fingerprint density at radius 1 is 1.59 bits per heavy atom. The van der Waals surface area contributed by atoms with Gasteiger partial charge in [-0.3, -0.25) is 4.57 Å². The summed E-state index contributed by atoms with van der Waals surface area (Å²) in [6, 6.07) is 3.70. The van der Waals surface area contributed by atoms with Crippen molar-refractivity contribution in [3.8, 4) is 11.6 Å². The Bertz CT molecular complexity index is 507. The molecule has 0 unspecified atom stereocenters. The van der Waals surface area contributed by atoms with Gasteiger partial charge >= 0.3 is 0 Å². The number of hydrogen-bond acceptors (Lipinski definition) is 4. The third-order valence-corrected chi connectivity index (χ3v) is 3.48. The van der Waals surface area contributed by atoms with Crippen molar-refractivity contribution >= 4 is 23.4 Å². The summed E-state index contributed by atoms with van der Waals surface area (Å²) in [5, 5.41) is 9.68. The van der Waals surface area contributed by atoms with Crippen LogP contribution in [0.3, 0.4) is 0 Å². The summed E-state index contributed by atoms with van der Waals surface area (Å²) in [7, 11) is 0. The van der Waals surface area contributed by atoms with Gasteiger partial charge < -0.3 is 4.42 Å². The van der Waals surface area contributed by atoms with Crippen LogP contribution in [0.4, 0.5) is 0 Å². The van der Waals surface area contributed by atoms with Gasteiger partial charge in [-0.1, -0.05) is 29.9 Å². The molecule has 0 aliphatic heterocycles. The first-order chi connectivity index (χ1) is 8.22. The van der Waals surface area contributed by atoms with Gasteiger partial charge in [0.25, 0.3) is 0 Å². The summed E-state index contributed by atoms with van der Waals surface area (Å²) in [6.45, 7) is 6.47. The number of aromatic nitrogens is 3. The molecular formula is C11H12ClN3OS. The Morgan fingerprint density at radius 2 is 2.41 bits per heavy atom. The van der Waals surface area contributed by atoms with E-state index in [1.807, 2.05) is 23.6 Å². The number of nitrogens with zero attached hydrogens (tertiary/aromatic N) is 3. The predicted octanol–water partition coefficient (Wildman–Crippen LogP) is 3.40. The van der Waals surface area contributed by atoms with Gasteiger partial charge in [-0.05, 0) is 19.1 Å². The van der Waals surface area contributed by atoms with Crippen LogP contribution >= 0.6 is 23.4 Å². The fourth-order valence-corrected chi connectivity index (χ4v) is 2.33. The zero-order valence-corrected chi connectivity index (χ0v) is 11.0. The lowest BCUT2D eigenvalue weighted by Crippen LogP contribution is -1.99. The third kappa shape index (κ3) is 2.73. The zero-order chi connectivity index (χ0) is 12.3. The van der Waals surface area contributed by atoms with Crippen LogP contribution in [0, 0.1) is 0 Å². The van der Waals surface area contributed by atoms with Gasteiger partial charge in [0.15, 0.2) is 16.7 Å². The van der Waals surface area contributed by atoms with Crippen LogP contribution in [-0.2, 0) is 6.54 Å². The second-order valence-corrected chi connectivity index (χ2v) is 4.81. The molecule has 90 valence electrons. The van der Waals surface area contributed by atoms with Crippen molar-refractivity contribution in [3.63, 3.8) is 0 Å². The SMILES string of the molecule is C=C(Cl)CSc1nnc(-c2ccco2)n1CC. The van der Waals surface area contributed by atoms with Crippen molar-refractivity contribution in [2.24, 2.45) is 0 Å². The molecule has 2 heterocycles. The van der Waals surface area contributed by atoms with Gasteiger partial charge in [0.2, 0.25) is 0 Å². The van der Waals surface area contributed by atoms with Gasteiger partial charge in [0.1, 0.15) is 0 Å². The Morgan fingerprint density at radius 3 is 3.00 bits per heavy atom. The molecule has 0 spiro atoms. The van der Waals surface area contributed by atoms with Crippen LogP contribution in [0.1, 0.15) is 6.92 Å². The maximum Gasteiger partial charge on any atom is 0.200 e. The third-order valence-electron chi connectivity index (χ3n) is 2.13. The van der Waals surface area contributed by atoms with Crippen LogP contribution in [0.15, 0.2) is 39.6 Å².